The van der Waals surface area contributed by atoms with Gasteiger partial charge >= 0.3 is 12.4 Å². The fraction of sp³-hybridized carbons (Fsp3) is 0.0968. The summed E-state index contributed by atoms with van der Waals surface area (Å²) in [5.41, 5.74) is 3.57. The predicted octanol–water partition coefficient (Wildman–Crippen LogP) is 8.52. The standard InChI is InChI=1S/C31H16F6N2/c32-30(33,34)26-16-27(31(35,36)37)39-28(38-26)17-13-14-21-20-9-3-6-12-24(20)29(25(21)15-17)22-10-4-1-7-18(22)19-8-2-5-11-23(19)29/h1-16H. The minimum absolute atomic E-state index is 0.0579. The molecule has 2 aliphatic rings. The van der Waals surface area contributed by atoms with Crippen molar-refractivity contribution in [2.24, 2.45) is 0 Å². The maximum atomic E-state index is 13.6. The Kier molecular flexibility index (Phi) is 4.72. The van der Waals surface area contributed by atoms with Gasteiger partial charge in [-0.05, 0) is 56.6 Å². The molecule has 0 saturated carbocycles. The van der Waals surface area contributed by atoms with Gasteiger partial charge in [-0.2, -0.15) is 26.3 Å². The molecule has 5 aromatic rings. The molecule has 1 spiro atoms. The third kappa shape index (κ3) is 3.24. The lowest BCUT2D eigenvalue weighted by Gasteiger charge is -2.30. The van der Waals surface area contributed by atoms with Crippen molar-refractivity contribution in [3.63, 3.8) is 0 Å². The fourth-order valence-electron chi connectivity index (χ4n) is 6.10. The van der Waals surface area contributed by atoms with E-state index in [1.54, 1.807) is 12.1 Å². The van der Waals surface area contributed by atoms with Gasteiger partial charge in [0.05, 0.1) is 5.41 Å². The number of aromatic nitrogens is 2. The highest BCUT2D eigenvalue weighted by Gasteiger charge is 2.51. The number of halogens is 6. The van der Waals surface area contributed by atoms with Gasteiger partial charge in [-0.25, -0.2) is 9.97 Å². The smallest absolute Gasteiger partial charge is 0.224 e. The van der Waals surface area contributed by atoms with Crippen molar-refractivity contribution in [1.82, 2.24) is 9.97 Å². The second-order valence-electron chi connectivity index (χ2n) is 9.60. The highest BCUT2D eigenvalue weighted by molar-refractivity contribution is 5.95. The van der Waals surface area contributed by atoms with Gasteiger partial charge in [0.15, 0.2) is 5.82 Å². The van der Waals surface area contributed by atoms with Crippen molar-refractivity contribution in [1.29, 1.82) is 0 Å². The van der Waals surface area contributed by atoms with Gasteiger partial charge in [-0.1, -0.05) is 84.9 Å². The number of fused-ring (bicyclic) bond motifs is 10. The van der Waals surface area contributed by atoms with Crippen LogP contribution in [0.25, 0.3) is 33.6 Å². The van der Waals surface area contributed by atoms with E-state index in [2.05, 4.69) is 9.97 Å². The van der Waals surface area contributed by atoms with E-state index >= 15 is 0 Å². The lowest BCUT2D eigenvalue weighted by Crippen LogP contribution is -2.25. The number of hydrogen-bond acceptors (Lipinski definition) is 2. The molecule has 0 aliphatic heterocycles. The van der Waals surface area contributed by atoms with E-state index in [0.29, 0.717) is 0 Å². The first kappa shape index (κ1) is 23.6. The number of rotatable bonds is 1. The zero-order valence-corrected chi connectivity index (χ0v) is 19.9. The predicted molar refractivity (Wildman–Crippen MR) is 134 cm³/mol. The maximum Gasteiger partial charge on any atom is 0.433 e. The lowest BCUT2D eigenvalue weighted by atomic mass is 9.70. The van der Waals surface area contributed by atoms with E-state index in [-0.39, 0.29) is 11.6 Å². The average molecular weight is 530 g/mol. The maximum absolute atomic E-state index is 13.6. The van der Waals surface area contributed by atoms with Crippen LogP contribution in [0.5, 0.6) is 0 Å². The Hall–Kier alpha value is -4.46. The molecule has 0 unspecified atom stereocenters. The van der Waals surface area contributed by atoms with Crippen LogP contribution in [0.1, 0.15) is 33.6 Å². The van der Waals surface area contributed by atoms with Crippen molar-refractivity contribution >= 4 is 0 Å². The normalized spacial score (nSPS) is 14.6. The minimum Gasteiger partial charge on any atom is -0.224 e. The third-order valence-electron chi connectivity index (χ3n) is 7.56. The zero-order valence-electron chi connectivity index (χ0n) is 19.9. The van der Waals surface area contributed by atoms with Gasteiger partial charge in [-0.15, -0.1) is 0 Å². The minimum atomic E-state index is -5.07. The summed E-state index contributed by atoms with van der Waals surface area (Å²) in [5.74, 6) is -0.634. The summed E-state index contributed by atoms with van der Waals surface area (Å²) in [6, 6.07) is 28.5. The van der Waals surface area contributed by atoms with E-state index in [9.17, 15) is 26.3 Å². The van der Waals surface area contributed by atoms with Crippen molar-refractivity contribution in [3.05, 3.63) is 131 Å². The van der Waals surface area contributed by atoms with Gasteiger partial charge in [0.1, 0.15) is 11.4 Å². The molecule has 0 fully saturated rings. The Morgan fingerprint density at radius 2 is 0.872 bits per heavy atom. The highest BCUT2D eigenvalue weighted by atomic mass is 19.4. The zero-order chi connectivity index (χ0) is 27.2. The summed E-state index contributed by atoms with van der Waals surface area (Å²) >= 11 is 0. The molecular formula is C31H16F6N2. The van der Waals surface area contributed by atoms with Crippen LogP contribution in [-0.2, 0) is 17.8 Å². The van der Waals surface area contributed by atoms with Crippen LogP contribution in [0, 0.1) is 0 Å². The van der Waals surface area contributed by atoms with Crippen LogP contribution in [0.2, 0.25) is 0 Å². The van der Waals surface area contributed by atoms with Gasteiger partial charge in [-0.3, -0.25) is 0 Å². The van der Waals surface area contributed by atoms with E-state index in [1.807, 2.05) is 72.8 Å². The van der Waals surface area contributed by atoms with Crippen molar-refractivity contribution in [2.45, 2.75) is 17.8 Å². The average Bonchev–Trinajstić information content (AvgIpc) is 3.39. The van der Waals surface area contributed by atoms with Crippen LogP contribution < -0.4 is 0 Å². The van der Waals surface area contributed by atoms with Crippen molar-refractivity contribution in [2.75, 3.05) is 0 Å². The summed E-state index contributed by atoms with van der Waals surface area (Å²) in [4.78, 5) is 7.06. The molecule has 0 saturated heterocycles. The molecule has 2 nitrogen and oxygen atoms in total. The molecule has 1 aromatic heterocycles. The van der Waals surface area contributed by atoms with Crippen LogP contribution in [0.15, 0.2) is 97.1 Å². The number of benzene rings is 4. The van der Waals surface area contributed by atoms with Crippen LogP contribution >= 0.6 is 0 Å². The van der Waals surface area contributed by atoms with Gasteiger partial charge in [0, 0.05) is 5.56 Å². The third-order valence-corrected chi connectivity index (χ3v) is 7.56. The monoisotopic (exact) mass is 530 g/mol. The largest absolute Gasteiger partial charge is 0.433 e. The molecule has 4 aromatic carbocycles. The van der Waals surface area contributed by atoms with Crippen LogP contribution in [0.4, 0.5) is 26.3 Å². The van der Waals surface area contributed by atoms with Gasteiger partial charge in [0.25, 0.3) is 0 Å². The first-order valence-corrected chi connectivity index (χ1v) is 12.1. The molecule has 0 N–H and O–H groups in total. The van der Waals surface area contributed by atoms with E-state index in [0.717, 1.165) is 44.5 Å². The number of hydrogen-bond donors (Lipinski definition) is 0. The molecule has 0 atom stereocenters. The molecule has 1 heterocycles. The summed E-state index contributed by atoms with van der Waals surface area (Å²) in [7, 11) is 0. The van der Waals surface area contributed by atoms with Crippen molar-refractivity contribution < 1.29 is 26.3 Å². The summed E-state index contributed by atoms with van der Waals surface area (Å²) in [6.45, 7) is 0. The second-order valence-corrected chi connectivity index (χ2v) is 9.60. The van der Waals surface area contributed by atoms with Crippen LogP contribution in [0.3, 0.4) is 0 Å². The Morgan fingerprint density at radius 3 is 1.31 bits per heavy atom. The van der Waals surface area contributed by atoms with Gasteiger partial charge < -0.3 is 0 Å². The molecule has 192 valence electrons. The van der Waals surface area contributed by atoms with Crippen molar-refractivity contribution in [3.8, 4) is 33.6 Å². The Labute approximate surface area is 218 Å². The Bertz CT molecular complexity index is 1710. The molecule has 7 rings (SSSR count). The summed E-state index contributed by atoms with van der Waals surface area (Å²) < 4.78 is 81.4. The van der Waals surface area contributed by atoms with E-state index in [4.69, 9.17) is 0 Å². The first-order valence-electron chi connectivity index (χ1n) is 12.1. The quantitative estimate of drug-likeness (QED) is 0.199. The molecule has 0 radical (unpaired) electrons. The van der Waals surface area contributed by atoms with Crippen LogP contribution in [-0.4, -0.2) is 9.97 Å². The number of nitrogens with zero attached hydrogens (tertiary/aromatic N) is 2. The molecule has 0 bridgehead atoms. The molecule has 0 amide bonds. The molecule has 2 aliphatic carbocycles. The molecule has 8 heteroatoms. The lowest BCUT2D eigenvalue weighted by molar-refractivity contribution is -0.147. The van der Waals surface area contributed by atoms with E-state index in [1.165, 1.54) is 6.07 Å². The highest BCUT2D eigenvalue weighted by Crippen LogP contribution is 2.62. The SMILES string of the molecule is FC(F)(F)c1cc(C(F)(F)F)nc(-c2ccc3c(c2)C2(c4ccccc4-c4ccccc42)c2ccccc2-3)n1. The Morgan fingerprint density at radius 1 is 0.462 bits per heavy atom. The summed E-state index contributed by atoms with van der Waals surface area (Å²) in [5, 5.41) is 0. The first-order chi connectivity index (χ1) is 18.6. The molecular weight excluding hydrogens is 514 g/mol. The number of alkyl halides is 6. The summed E-state index contributed by atoms with van der Waals surface area (Å²) in [6.07, 6.45) is -10.1. The second kappa shape index (κ2) is 7.79. The van der Waals surface area contributed by atoms with E-state index < -0.39 is 35.0 Å². The van der Waals surface area contributed by atoms with Gasteiger partial charge in [0.2, 0.25) is 0 Å². The topological polar surface area (TPSA) is 25.8 Å². The Balaban J connectivity index is 1.55. The molecule has 39 heavy (non-hydrogen) atoms. The fourth-order valence-corrected chi connectivity index (χ4v) is 6.10.